The Morgan fingerprint density at radius 3 is 2.88 bits per heavy atom. The molecular weight excluding hydrogens is 342 g/mol. The number of alkyl halides is 1. The summed E-state index contributed by atoms with van der Waals surface area (Å²) in [6, 6.07) is 2.43. The standard InChI is InChI=1S/C17H11ClF2O4/c18-8-9-1-4-14-10(5-9)6-12(16(21)23-14)17(22)24-15-7-11(19)2-3-13(15)20/h1-3,5-7,14H,4,8H2. The summed E-state index contributed by atoms with van der Waals surface area (Å²) in [6.07, 6.45) is 4.84. The van der Waals surface area contributed by atoms with E-state index in [1.54, 1.807) is 6.08 Å². The lowest BCUT2D eigenvalue weighted by atomic mass is 9.93. The summed E-state index contributed by atoms with van der Waals surface area (Å²) < 4.78 is 36.6. The van der Waals surface area contributed by atoms with Crippen molar-refractivity contribution >= 4 is 23.5 Å². The van der Waals surface area contributed by atoms with Crippen LogP contribution in [0.5, 0.6) is 5.75 Å². The smallest absolute Gasteiger partial charge is 0.351 e. The predicted molar refractivity (Wildman–Crippen MR) is 81.5 cm³/mol. The van der Waals surface area contributed by atoms with Crippen molar-refractivity contribution in [3.8, 4) is 5.75 Å². The molecule has 3 rings (SSSR count). The van der Waals surface area contributed by atoms with Gasteiger partial charge in [-0.1, -0.05) is 12.2 Å². The minimum Gasteiger partial charge on any atom is -0.453 e. The summed E-state index contributed by atoms with van der Waals surface area (Å²) in [7, 11) is 0. The molecule has 24 heavy (non-hydrogen) atoms. The molecule has 0 saturated carbocycles. The van der Waals surface area contributed by atoms with Crippen molar-refractivity contribution in [2.45, 2.75) is 12.5 Å². The molecule has 2 aliphatic rings. The lowest BCUT2D eigenvalue weighted by Gasteiger charge is -2.26. The molecular formula is C17H11ClF2O4. The minimum atomic E-state index is -1.12. The predicted octanol–water partition coefficient (Wildman–Crippen LogP) is 3.22. The summed E-state index contributed by atoms with van der Waals surface area (Å²) in [5.74, 6) is -4.00. The number of halogens is 3. The fourth-order valence-corrected chi connectivity index (χ4v) is 2.56. The summed E-state index contributed by atoms with van der Waals surface area (Å²) >= 11 is 5.77. The highest BCUT2D eigenvalue weighted by molar-refractivity contribution is 6.19. The van der Waals surface area contributed by atoms with Crippen LogP contribution in [0.25, 0.3) is 0 Å². The van der Waals surface area contributed by atoms with Crippen LogP contribution < -0.4 is 4.74 Å². The Morgan fingerprint density at radius 2 is 2.12 bits per heavy atom. The number of carbonyl (C=O) groups excluding carboxylic acids is 2. The van der Waals surface area contributed by atoms with Gasteiger partial charge in [-0.25, -0.2) is 18.4 Å². The van der Waals surface area contributed by atoms with Crippen LogP contribution in [0.1, 0.15) is 6.42 Å². The second-order valence-electron chi connectivity index (χ2n) is 5.21. The zero-order valence-electron chi connectivity index (χ0n) is 12.2. The van der Waals surface area contributed by atoms with Crippen LogP contribution in [0.4, 0.5) is 8.78 Å². The Balaban J connectivity index is 1.87. The van der Waals surface area contributed by atoms with Gasteiger partial charge in [-0.05, 0) is 29.4 Å². The Hall–Kier alpha value is -2.47. The van der Waals surface area contributed by atoms with Gasteiger partial charge in [0.15, 0.2) is 11.6 Å². The van der Waals surface area contributed by atoms with Gasteiger partial charge in [-0.3, -0.25) is 0 Å². The number of rotatable bonds is 3. The molecule has 7 heteroatoms. The van der Waals surface area contributed by atoms with Crippen LogP contribution in [-0.4, -0.2) is 23.9 Å². The minimum absolute atomic E-state index is 0.284. The molecule has 1 heterocycles. The highest BCUT2D eigenvalue weighted by atomic mass is 35.5. The van der Waals surface area contributed by atoms with E-state index in [-0.39, 0.29) is 5.88 Å². The average Bonchev–Trinajstić information content (AvgIpc) is 2.57. The number of fused-ring (bicyclic) bond motifs is 1. The SMILES string of the molecule is O=C(Oc1cc(F)ccc1F)C1=CC2=CC(CCl)=CCC2OC1=O. The largest absolute Gasteiger partial charge is 0.453 e. The molecule has 1 aromatic carbocycles. The van der Waals surface area contributed by atoms with E-state index in [4.69, 9.17) is 21.1 Å². The van der Waals surface area contributed by atoms with Crippen LogP contribution in [0.3, 0.4) is 0 Å². The summed E-state index contributed by atoms with van der Waals surface area (Å²) in [6.45, 7) is 0. The Kier molecular flexibility index (Phi) is 4.49. The second-order valence-corrected chi connectivity index (χ2v) is 5.48. The first-order valence-electron chi connectivity index (χ1n) is 7.04. The molecule has 1 unspecified atom stereocenters. The van der Waals surface area contributed by atoms with Crippen molar-refractivity contribution in [1.29, 1.82) is 0 Å². The number of allylic oxidation sites excluding steroid dienone is 2. The van der Waals surface area contributed by atoms with Gasteiger partial charge in [0.05, 0.1) is 0 Å². The van der Waals surface area contributed by atoms with Gasteiger partial charge in [0.2, 0.25) is 0 Å². The van der Waals surface area contributed by atoms with Crippen molar-refractivity contribution < 1.29 is 27.8 Å². The molecule has 0 saturated heterocycles. The Morgan fingerprint density at radius 1 is 1.33 bits per heavy atom. The molecule has 1 atom stereocenters. The van der Waals surface area contributed by atoms with Crippen LogP contribution in [-0.2, 0) is 14.3 Å². The lowest BCUT2D eigenvalue weighted by Crippen LogP contribution is -2.31. The number of esters is 2. The van der Waals surface area contributed by atoms with Crippen LogP contribution >= 0.6 is 11.6 Å². The van der Waals surface area contributed by atoms with E-state index in [9.17, 15) is 18.4 Å². The molecule has 0 aromatic heterocycles. The van der Waals surface area contributed by atoms with E-state index in [0.29, 0.717) is 12.0 Å². The molecule has 0 radical (unpaired) electrons. The Labute approximate surface area is 141 Å². The first-order chi connectivity index (χ1) is 11.5. The van der Waals surface area contributed by atoms with Crippen LogP contribution in [0.2, 0.25) is 0 Å². The van der Waals surface area contributed by atoms with Crippen molar-refractivity contribution in [2.75, 3.05) is 5.88 Å². The number of ether oxygens (including phenoxy) is 2. The molecule has 1 aliphatic carbocycles. The van der Waals surface area contributed by atoms with E-state index in [2.05, 4.69) is 0 Å². The summed E-state index contributed by atoms with van der Waals surface area (Å²) in [5, 5.41) is 0. The van der Waals surface area contributed by atoms with E-state index in [1.807, 2.05) is 6.08 Å². The summed E-state index contributed by atoms with van der Waals surface area (Å²) in [5.41, 5.74) is 1.04. The molecule has 4 nitrogen and oxygen atoms in total. The number of carbonyl (C=O) groups is 2. The van der Waals surface area contributed by atoms with Crippen LogP contribution in [0, 0.1) is 11.6 Å². The monoisotopic (exact) mass is 352 g/mol. The third-order valence-corrected chi connectivity index (χ3v) is 3.88. The highest BCUT2D eigenvalue weighted by Crippen LogP contribution is 2.29. The molecule has 0 N–H and O–H groups in total. The molecule has 0 spiro atoms. The molecule has 1 aromatic rings. The second kappa shape index (κ2) is 6.57. The number of hydrogen-bond donors (Lipinski definition) is 0. The molecule has 124 valence electrons. The van der Waals surface area contributed by atoms with Gasteiger partial charge >= 0.3 is 11.9 Å². The summed E-state index contributed by atoms with van der Waals surface area (Å²) in [4.78, 5) is 24.1. The molecule has 1 aliphatic heterocycles. The first-order valence-corrected chi connectivity index (χ1v) is 7.58. The van der Waals surface area contributed by atoms with Crippen molar-refractivity contribution in [1.82, 2.24) is 0 Å². The number of hydrogen-bond acceptors (Lipinski definition) is 4. The van der Waals surface area contributed by atoms with Gasteiger partial charge in [-0.15, -0.1) is 11.6 Å². The average molecular weight is 353 g/mol. The highest BCUT2D eigenvalue weighted by Gasteiger charge is 2.33. The zero-order valence-corrected chi connectivity index (χ0v) is 13.0. The maximum Gasteiger partial charge on any atom is 0.351 e. The molecule has 0 bridgehead atoms. The van der Waals surface area contributed by atoms with E-state index in [1.165, 1.54) is 6.08 Å². The maximum absolute atomic E-state index is 13.5. The van der Waals surface area contributed by atoms with E-state index in [0.717, 1.165) is 23.8 Å². The zero-order chi connectivity index (χ0) is 17.3. The van der Waals surface area contributed by atoms with Gasteiger partial charge in [0.25, 0.3) is 0 Å². The van der Waals surface area contributed by atoms with E-state index >= 15 is 0 Å². The fraction of sp³-hybridized carbons (Fsp3) is 0.176. The van der Waals surface area contributed by atoms with Crippen molar-refractivity contribution in [2.24, 2.45) is 0 Å². The van der Waals surface area contributed by atoms with Crippen LogP contribution in [0.15, 0.2) is 53.1 Å². The quantitative estimate of drug-likeness (QED) is 0.363. The molecule has 0 amide bonds. The number of benzene rings is 1. The third kappa shape index (κ3) is 3.23. The maximum atomic E-state index is 13.5. The normalized spacial score (nSPS) is 19.5. The fourth-order valence-electron chi connectivity index (χ4n) is 2.38. The van der Waals surface area contributed by atoms with Gasteiger partial charge in [0, 0.05) is 18.4 Å². The Bertz CT molecular complexity index is 811. The first kappa shape index (κ1) is 16.4. The topological polar surface area (TPSA) is 52.6 Å². The van der Waals surface area contributed by atoms with Gasteiger partial charge < -0.3 is 9.47 Å². The third-order valence-electron chi connectivity index (χ3n) is 3.57. The molecule has 0 fully saturated rings. The van der Waals surface area contributed by atoms with Gasteiger partial charge in [0.1, 0.15) is 17.5 Å². The lowest BCUT2D eigenvalue weighted by molar-refractivity contribution is -0.147. The van der Waals surface area contributed by atoms with E-state index < -0.39 is 41.0 Å². The van der Waals surface area contributed by atoms with Gasteiger partial charge in [-0.2, -0.15) is 0 Å². The van der Waals surface area contributed by atoms with Crippen molar-refractivity contribution in [3.63, 3.8) is 0 Å². The van der Waals surface area contributed by atoms with Crippen molar-refractivity contribution in [3.05, 3.63) is 64.8 Å².